The quantitative estimate of drug-likeness (QED) is 0.520. The first-order valence-corrected chi connectivity index (χ1v) is 9.39. The zero-order chi connectivity index (χ0) is 20.6. The molecule has 0 saturated heterocycles. The molecular formula is C20H21F3N6. The average Bonchev–Trinajstić information content (AvgIpc) is 3.40. The molecule has 2 aromatic heterocycles. The van der Waals surface area contributed by atoms with Crippen LogP contribution in [0.4, 0.5) is 30.6 Å². The highest BCUT2D eigenvalue weighted by atomic mass is 19.4. The normalized spacial score (nSPS) is 15.2. The van der Waals surface area contributed by atoms with Crippen LogP contribution in [-0.2, 0) is 6.18 Å². The van der Waals surface area contributed by atoms with E-state index < -0.39 is 11.7 Å². The summed E-state index contributed by atoms with van der Waals surface area (Å²) < 4.78 is 38.2. The predicted octanol–water partition coefficient (Wildman–Crippen LogP) is 5.32. The van der Waals surface area contributed by atoms with Gasteiger partial charge in [0.15, 0.2) is 5.82 Å². The molecular weight excluding hydrogens is 381 g/mol. The summed E-state index contributed by atoms with van der Waals surface area (Å²) in [4.78, 5) is 8.75. The van der Waals surface area contributed by atoms with Crippen LogP contribution in [0.2, 0.25) is 0 Å². The van der Waals surface area contributed by atoms with Crippen molar-refractivity contribution >= 4 is 17.5 Å². The van der Waals surface area contributed by atoms with Gasteiger partial charge in [-0.2, -0.15) is 18.3 Å². The lowest BCUT2D eigenvalue weighted by Gasteiger charge is -2.17. The number of aryl methyl sites for hydroxylation is 1. The van der Waals surface area contributed by atoms with Gasteiger partial charge < -0.3 is 10.6 Å². The van der Waals surface area contributed by atoms with Gasteiger partial charge in [0.05, 0.1) is 5.56 Å². The highest BCUT2D eigenvalue weighted by Crippen LogP contribution is 2.39. The molecule has 152 valence electrons. The number of nitrogens with zero attached hydrogens (tertiary/aromatic N) is 3. The fourth-order valence-electron chi connectivity index (χ4n) is 3.11. The minimum Gasteiger partial charge on any atom is -0.363 e. The van der Waals surface area contributed by atoms with Crippen LogP contribution < -0.4 is 10.6 Å². The summed E-state index contributed by atoms with van der Waals surface area (Å²) in [5.74, 6) is 2.99. The lowest BCUT2D eigenvalue weighted by Crippen LogP contribution is -2.11. The van der Waals surface area contributed by atoms with E-state index >= 15 is 0 Å². The fraction of sp³-hybridized carbons (Fsp3) is 0.350. The summed E-state index contributed by atoms with van der Waals surface area (Å²) in [5.41, 5.74) is 1.18. The van der Waals surface area contributed by atoms with Crippen molar-refractivity contribution in [1.29, 1.82) is 0 Å². The molecule has 4 rings (SSSR count). The van der Waals surface area contributed by atoms with Crippen molar-refractivity contribution in [2.45, 2.75) is 44.8 Å². The van der Waals surface area contributed by atoms with Crippen molar-refractivity contribution in [2.24, 2.45) is 0 Å². The maximum atomic E-state index is 12.7. The Kier molecular flexibility index (Phi) is 4.89. The molecule has 3 N–H and O–H groups in total. The van der Waals surface area contributed by atoms with Crippen molar-refractivity contribution in [2.75, 3.05) is 10.6 Å². The van der Waals surface area contributed by atoms with Gasteiger partial charge in [-0.25, -0.2) is 9.97 Å². The van der Waals surface area contributed by atoms with E-state index in [0.29, 0.717) is 29.2 Å². The van der Waals surface area contributed by atoms with E-state index in [9.17, 15) is 13.2 Å². The zero-order valence-electron chi connectivity index (χ0n) is 16.0. The third-order valence-electron chi connectivity index (χ3n) is 4.81. The van der Waals surface area contributed by atoms with Crippen molar-refractivity contribution in [3.05, 3.63) is 59.0 Å². The molecule has 0 bridgehead atoms. The van der Waals surface area contributed by atoms with Crippen LogP contribution in [0, 0.1) is 6.92 Å². The van der Waals surface area contributed by atoms with Gasteiger partial charge in [0.2, 0.25) is 0 Å². The fourth-order valence-corrected chi connectivity index (χ4v) is 3.11. The first-order chi connectivity index (χ1) is 13.8. The maximum Gasteiger partial charge on any atom is 0.416 e. The minimum atomic E-state index is -4.34. The first-order valence-electron chi connectivity index (χ1n) is 9.39. The summed E-state index contributed by atoms with van der Waals surface area (Å²) in [5, 5.41) is 13.7. The number of H-pyrrole nitrogens is 1. The molecule has 1 aliphatic carbocycles. The smallest absolute Gasteiger partial charge is 0.363 e. The van der Waals surface area contributed by atoms with E-state index in [-0.39, 0.29) is 6.04 Å². The predicted molar refractivity (Wildman–Crippen MR) is 104 cm³/mol. The third-order valence-corrected chi connectivity index (χ3v) is 4.81. The average molecular weight is 402 g/mol. The molecule has 2 heterocycles. The largest absolute Gasteiger partial charge is 0.416 e. The molecule has 0 spiro atoms. The summed E-state index contributed by atoms with van der Waals surface area (Å²) in [6.45, 7) is 3.64. The lowest BCUT2D eigenvalue weighted by molar-refractivity contribution is -0.137. The van der Waals surface area contributed by atoms with Crippen LogP contribution in [0.3, 0.4) is 0 Å². The Morgan fingerprint density at radius 3 is 2.38 bits per heavy atom. The number of nitrogens with one attached hydrogen (secondary N) is 3. The highest BCUT2D eigenvalue weighted by molar-refractivity contribution is 5.57. The topological polar surface area (TPSA) is 78.5 Å². The number of aromatic nitrogens is 4. The van der Waals surface area contributed by atoms with Gasteiger partial charge in [0.25, 0.3) is 0 Å². The van der Waals surface area contributed by atoms with E-state index in [4.69, 9.17) is 0 Å². The molecule has 1 saturated carbocycles. The molecule has 0 radical (unpaired) electrons. The number of alkyl halides is 3. The summed E-state index contributed by atoms with van der Waals surface area (Å²) in [6, 6.07) is 8.60. The second-order valence-corrected chi connectivity index (χ2v) is 7.28. The van der Waals surface area contributed by atoms with Gasteiger partial charge in [0.1, 0.15) is 17.5 Å². The first kappa shape index (κ1) is 19.2. The standard InChI is InChI=1S/C20H21F3N6/c1-11(13-5-7-15(8-6-13)20(21,22)23)24-17-10-18(26-12(2)25-17)27-19-9-16(28-29-19)14-3-4-14/h5-11,14H,3-4H2,1-2H3,(H3,24,25,26,27,28,29). The second kappa shape index (κ2) is 7.38. The van der Waals surface area contributed by atoms with Crippen LogP contribution >= 0.6 is 0 Å². The highest BCUT2D eigenvalue weighted by Gasteiger charge is 2.30. The molecule has 0 aliphatic heterocycles. The summed E-state index contributed by atoms with van der Waals surface area (Å²) in [6.07, 6.45) is -1.97. The Hall–Kier alpha value is -3.10. The maximum absolute atomic E-state index is 12.7. The van der Waals surface area contributed by atoms with Gasteiger partial charge in [0, 0.05) is 29.8 Å². The molecule has 0 amide bonds. The Labute approximate surface area is 166 Å². The van der Waals surface area contributed by atoms with Crippen LogP contribution in [0.25, 0.3) is 0 Å². The van der Waals surface area contributed by atoms with E-state index in [0.717, 1.165) is 23.4 Å². The number of hydrogen-bond donors (Lipinski definition) is 3. The minimum absolute atomic E-state index is 0.230. The van der Waals surface area contributed by atoms with Gasteiger partial charge in [-0.15, -0.1) is 0 Å². The van der Waals surface area contributed by atoms with Gasteiger partial charge in [-0.1, -0.05) is 12.1 Å². The van der Waals surface area contributed by atoms with Crippen molar-refractivity contribution in [3.63, 3.8) is 0 Å². The Balaban J connectivity index is 1.46. The van der Waals surface area contributed by atoms with Crippen LogP contribution in [0.15, 0.2) is 36.4 Å². The number of benzene rings is 1. The van der Waals surface area contributed by atoms with Gasteiger partial charge in [-0.3, -0.25) is 5.10 Å². The number of aromatic amines is 1. The number of hydrogen-bond acceptors (Lipinski definition) is 5. The molecule has 1 unspecified atom stereocenters. The third kappa shape index (κ3) is 4.67. The Morgan fingerprint density at radius 1 is 1.03 bits per heavy atom. The molecule has 1 aromatic carbocycles. The molecule has 1 atom stereocenters. The molecule has 9 heteroatoms. The SMILES string of the molecule is Cc1nc(Nc2cc(C3CC3)[nH]n2)cc(NC(C)c2ccc(C(F)(F)F)cc2)n1. The van der Waals surface area contributed by atoms with Crippen molar-refractivity contribution in [3.8, 4) is 0 Å². The number of halogens is 3. The van der Waals surface area contributed by atoms with Crippen molar-refractivity contribution in [1.82, 2.24) is 20.2 Å². The van der Waals surface area contributed by atoms with E-state index in [1.54, 1.807) is 13.0 Å². The monoisotopic (exact) mass is 402 g/mol. The summed E-state index contributed by atoms with van der Waals surface area (Å²) >= 11 is 0. The second-order valence-electron chi connectivity index (χ2n) is 7.28. The molecule has 1 aliphatic rings. The Bertz CT molecular complexity index is 992. The Morgan fingerprint density at radius 2 is 1.72 bits per heavy atom. The molecule has 1 fully saturated rings. The van der Waals surface area contributed by atoms with Gasteiger partial charge in [-0.05, 0) is 44.4 Å². The van der Waals surface area contributed by atoms with E-state index in [1.165, 1.54) is 25.0 Å². The molecule has 3 aromatic rings. The lowest BCUT2D eigenvalue weighted by atomic mass is 10.1. The van der Waals surface area contributed by atoms with E-state index in [1.807, 2.05) is 13.0 Å². The molecule has 29 heavy (non-hydrogen) atoms. The molecule has 6 nitrogen and oxygen atoms in total. The van der Waals surface area contributed by atoms with Crippen LogP contribution in [-0.4, -0.2) is 20.2 Å². The van der Waals surface area contributed by atoms with Crippen molar-refractivity contribution < 1.29 is 13.2 Å². The number of anilines is 3. The number of rotatable bonds is 6. The zero-order valence-corrected chi connectivity index (χ0v) is 16.0. The van der Waals surface area contributed by atoms with Crippen LogP contribution in [0.5, 0.6) is 0 Å². The van der Waals surface area contributed by atoms with Gasteiger partial charge >= 0.3 is 6.18 Å². The summed E-state index contributed by atoms with van der Waals surface area (Å²) in [7, 11) is 0. The van der Waals surface area contributed by atoms with Crippen LogP contribution in [0.1, 0.15) is 54.4 Å². The van der Waals surface area contributed by atoms with E-state index in [2.05, 4.69) is 30.8 Å².